The van der Waals surface area contributed by atoms with Crippen LogP contribution < -0.4 is 11.2 Å². The highest BCUT2D eigenvalue weighted by Gasteiger charge is 2.33. The number of hydrogen-bond donors (Lipinski definition) is 2. The van der Waals surface area contributed by atoms with E-state index in [2.05, 4.69) is 20.1 Å². The fourth-order valence-corrected chi connectivity index (χ4v) is 3.43. The molecule has 0 radical (unpaired) electrons. The number of aliphatic hydroxyl groups is 1. The van der Waals surface area contributed by atoms with E-state index in [4.69, 9.17) is 11.3 Å². The number of ether oxygens (including phenoxy) is 1. The Hall–Kier alpha value is -3.81. The lowest BCUT2D eigenvalue weighted by atomic mass is 10.0. The lowest BCUT2D eigenvalue weighted by molar-refractivity contribution is -0.0313. The Labute approximate surface area is 176 Å². The van der Waals surface area contributed by atoms with Gasteiger partial charge in [0.05, 0.1) is 36.7 Å². The zero-order valence-electron chi connectivity index (χ0n) is 16.7. The Bertz CT molecular complexity index is 1260. The summed E-state index contributed by atoms with van der Waals surface area (Å²) in [5, 5.41) is 17.5. The van der Waals surface area contributed by atoms with E-state index in [0.29, 0.717) is 17.8 Å². The van der Waals surface area contributed by atoms with Crippen molar-refractivity contribution in [2.45, 2.75) is 25.7 Å². The number of benzene rings is 1. The van der Waals surface area contributed by atoms with E-state index in [-0.39, 0.29) is 24.2 Å². The van der Waals surface area contributed by atoms with Crippen molar-refractivity contribution in [2.24, 2.45) is 5.92 Å². The van der Waals surface area contributed by atoms with Gasteiger partial charge in [0.2, 0.25) is 0 Å². The van der Waals surface area contributed by atoms with Crippen LogP contribution in [0.5, 0.6) is 0 Å². The van der Waals surface area contributed by atoms with Crippen LogP contribution in [0.3, 0.4) is 0 Å². The average Bonchev–Trinajstić information content (AvgIpc) is 3.39. The molecule has 3 atom stereocenters. The normalized spacial score (nSPS) is 20.9. The van der Waals surface area contributed by atoms with Gasteiger partial charge in [0.15, 0.2) is 5.69 Å². The van der Waals surface area contributed by atoms with Crippen LogP contribution >= 0.6 is 0 Å². The first kappa shape index (κ1) is 20.5. The minimum absolute atomic E-state index is 0.0895. The second-order valence-electron chi connectivity index (χ2n) is 7.33. The quantitative estimate of drug-likeness (QED) is 0.607. The Morgan fingerprint density at radius 2 is 2.06 bits per heavy atom. The topological polar surface area (TPSA) is 119 Å². The maximum Gasteiger partial charge on any atom is 0.330 e. The van der Waals surface area contributed by atoms with Gasteiger partial charge in [0.25, 0.3) is 5.56 Å². The molecule has 1 aromatic carbocycles. The summed E-state index contributed by atoms with van der Waals surface area (Å²) in [6.45, 7) is 8.82. The average molecular weight is 420 g/mol. The Morgan fingerprint density at radius 1 is 1.29 bits per heavy atom. The summed E-state index contributed by atoms with van der Waals surface area (Å²) in [5.41, 5.74) is 0.967. The zero-order chi connectivity index (χ0) is 22.0. The van der Waals surface area contributed by atoms with Gasteiger partial charge in [-0.05, 0) is 36.6 Å². The van der Waals surface area contributed by atoms with Crippen molar-refractivity contribution in [3.05, 3.63) is 80.2 Å². The monoisotopic (exact) mass is 420 g/mol. The fourth-order valence-electron chi connectivity index (χ4n) is 3.43. The molecule has 0 bridgehead atoms. The van der Waals surface area contributed by atoms with Crippen molar-refractivity contribution in [1.29, 1.82) is 0 Å². The Morgan fingerprint density at radius 3 is 2.74 bits per heavy atom. The molecule has 31 heavy (non-hydrogen) atoms. The molecule has 4 rings (SSSR count). The van der Waals surface area contributed by atoms with Crippen molar-refractivity contribution >= 4 is 17.8 Å². The lowest BCUT2D eigenvalue weighted by Crippen LogP contribution is -2.33. The lowest BCUT2D eigenvalue weighted by Gasteiger charge is -2.15. The van der Waals surface area contributed by atoms with Gasteiger partial charge in [-0.15, -0.1) is 5.10 Å². The van der Waals surface area contributed by atoms with Gasteiger partial charge < -0.3 is 9.84 Å². The van der Waals surface area contributed by atoms with E-state index in [1.54, 1.807) is 47.3 Å². The van der Waals surface area contributed by atoms with Gasteiger partial charge in [0, 0.05) is 6.20 Å². The van der Waals surface area contributed by atoms with Crippen LogP contribution in [0.15, 0.2) is 46.2 Å². The number of aromatic nitrogens is 5. The summed E-state index contributed by atoms with van der Waals surface area (Å²) < 4.78 is 8.63. The number of nitrogens with zero attached hydrogens (tertiary/aromatic N) is 5. The number of rotatable bonds is 5. The third kappa shape index (κ3) is 4.23. The second-order valence-corrected chi connectivity index (χ2v) is 7.33. The second kappa shape index (κ2) is 8.51. The van der Waals surface area contributed by atoms with Gasteiger partial charge in [-0.1, -0.05) is 24.3 Å². The van der Waals surface area contributed by atoms with Crippen LogP contribution in [0.2, 0.25) is 0 Å². The molecular weight excluding hydrogens is 400 g/mol. The molecule has 1 aliphatic heterocycles. The largest absolute Gasteiger partial charge is 0.394 e. The number of aromatic amines is 1. The van der Waals surface area contributed by atoms with Gasteiger partial charge in [-0.3, -0.25) is 14.3 Å². The van der Waals surface area contributed by atoms with Gasteiger partial charge in [-0.25, -0.2) is 14.3 Å². The summed E-state index contributed by atoms with van der Waals surface area (Å²) in [6.07, 6.45) is 5.95. The van der Waals surface area contributed by atoms with E-state index in [1.165, 1.54) is 10.8 Å². The van der Waals surface area contributed by atoms with Gasteiger partial charge >= 0.3 is 5.69 Å². The summed E-state index contributed by atoms with van der Waals surface area (Å²) in [5.74, 6) is 0.0895. The standard InChI is InChI=1S/C21H20N6O4/c1-13-9-19(31-18(13)12-28)26-10-14(20(29)23-21(26)30)3-4-16-11-27(25-24-16)17-7-5-15(22-2)6-8-17/h3-8,10-11,13,18-19,28H,9,12H2,1H3,(H,23,29,30)/b4-3+/t13-,18-,19-/m1/s1. The van der Waals surface area contributed by atoms with Crippen LogP contribution in [-0.2, 0) is 4.74 Å². The van der Waals surface area contributed by atoms with E-state index in [9.17, 15) is 14.7 Å². The molecule has 1 saturated heterocycles. The first-order valence-electron chi connectivity index (χ1n) is 9.68. The van der Waals surface area contributed by atoms with E-state index in [1.807, 2.05) is 6.92 Å². The molecule has 0 aliphatic carbocycles. The first-order chi connectivity index (χ1) is 15.0. The number of aliphatic hydroxyl groups excluding tert-OH is 1. The van der Waals surface area contributed by atoms with E-state index >= 15 is 0 Å². The minimum Gasteiger partial charge on any atom is -0.394 e. The van der Waals surface area contributed by atoms with Crippen molar-refractivity contribution in [3.8, 4) is 5.69 Å². The molecule has 0 spiro atoms. The third-order valence-corrected chi connectivity index (χ3v) is 5.21. The van der Waals surface area contributed by atoms with E-state index < -0.39 is 17.5 Å². The molecule has 0 saturated carbocycles. The van der Waals surface area contributed by atoms with Crippen molar-refractivity contribution in [3.63, 3.8) is 0 Å². The summed E-state index contributed by atoms with van der Waals surface area (Å²) in [6, 6.07) is 6.90. The molecular formula is C21H20N6O4. The van der Waals surface area contributed by atoms with Crippen LogP contribution in [0.25, 0.3) is 22.7 Å². The van der Waals surface area contributed by atoms with Crippen LogP contribution in [0.1, 0.15) is 30.8 Å². The van der Waals surface area contributed by atoms with Crippen LogP contribution in [0.4, 0.5) is 5.69 Å². The predicted molar refractivity (Wildman–Crippen MR) is 113 cm³/mol. The zero-order valence-corrected chi connectivity index (χ0v) is 16.7. The Kier molecular flexibility index (Phi) is 5.62. The highest BCUT2D eigenvalue weighted by molar-refractivity contribution is 5.66. The predicted octanol–water partition coefficient (Wildman–Crippen LogP) is 1.75. The third-order valence-electron chi connectivity index (χ3n) is 5.21. The van der Waals surface area contributed by atoms with E-state index in [0.717, 1.165) is 5.69 Å². The molecule has 158 valence electrons. The maximum absolute atomic E-state index is 12.3. The summed E-state index contributed by atoms with van der Waals surface area (Å²) >= 11 is 0. The highest BCUT2D eigenvalue weighted by Crippen LogP contribution is 2.31. The molecule has 1 fully saturated rings. The minimum atomic E-state index is -0.563. The molecule has 3 aromatic rings. The SMILES string of the molecule is [C-]#[N+]c1ccc(-n2cc(/C=C/c3cn([C@H]4C[C@@H](C)[C@@H](CO)O4)c(=O)[nH]c3=O)nn2)cc1. The molecule has 10 heteroatoms. The highest BCUT2D eigenvalue weighted by atomic mass is 16.5. The molecule has 10 nitrogen and oxygen atoms in total. The summed E-state index contributed by atoms with van der Waals surface area (Å²) in [7, 11) is 0. The number of nitrogens with one attached hydrogen (secondary N) is 1. The summed E-state index contributed by atoms with van der Waals surface area (Å²) in [4.78, 5) is 30.1. The van der Waals surface area contributed by atoms with Crippen molar-refractivity contribution < 1.29 is 9.84 Å². The smallest absolute Gasteiger partial charge is 0.330 e. The Balaban J connectivity index is 1.57. The van der Waals surface area contributed by atoms with Crippen molar-refractivity contribution in [2.75, 3.05) is 6.61 Å². The molecule has 0 unspecified atom stereocenters. The van der Waals surface area contributed by atoms with Crippen LogP contribution in [0, 0.1) is 12.5 Å². The molecule has 2 aromatic heterocycles. The number of hydrogen-bond acceptors (Lipinski definition) is 6. The fraction of sp³-hybridized carbons (Fsp3) is 0.286. The van der Waals surface area contributed by atoms with Crippen LogP contribution in [-0.4, -0.2) is 42.4 Å². The molecule has 2 N–H and O–H groups in total. The van der Waals surface area contributed by atoms with Crippen molar-refractivity contribution in [1.82, 2.24) is 24.5 Å². The molecule has 1 aliphatic rings. The molecule has 0 amide bonds. The number of H-pyrrole nitrogens is 1. The van der Waals surface area contributed by atoms with Gasteiger partial charge in [0.1, 0.15) is 11.9 Å². The van der Waals surface area contributed by atoms with Gasteiger partial charge in [-0.2, -0.15) is 0 Å². The molecule has 3 heterocycles. The first-order valence-corrected chi connectivity index (χ1v) is 9.68. The maximum atomic E-state index is 12.3.